The summed E-state index contributed by atoms with van der Waals surface area (Å²) in [6.45, 7) is 2.71. The van der Waals surface area contributed by atoms with Crippen LogP contribution < -0.4 is 0 Å². The summed E-state index contributed by atoms with van der Waals surface area (Å²) in [5, 5.41) is 0. The van der Waals surface area contributed by atoms with Gasteiger partial charge in [-0.05, 0) is 13.3 Å². The summed E-state index contributed by atoms with van der Waals surface area (Å²) in [5.41, 5.74) is 0. The number of Topliss-reactive ketones (excluding diaryl/α,β-unsaturated/α-hetero) is 2. The lowest BCUT2D eigenvalue weighted by Gasteiger charge is -2.07. The summed E-state index contributed by atoms with van der Waals surface area (Å²) in [5.74, 6) is 0.582. The SMILES string of the molecule is CCn1ccnc1C(=O)C1CCC(=O)C1. The second-order valence-corrected chi connectivity index (χ2v) is 3.88. The van der Waals surface area contributed by atoms with Crippen molar-refractivity contribution in [2.24, 2.45) is 5.92 Å². The fourth-order valence-corrected chi connectivity index (χ4v) is 2.01. The van der Waals surface area contributed by atoms with Crippen molar-refractivity contribution in [2.45, 2.75) is 32.7 Å². The van der Waals surface area contributed by atoms with Crippen molar-refractivity contribution in [3.63, 3.8) is 0 Å². The van der Waals surface area contributed by atoms with Gasteiger partial charge in [-0.2, -0.15) is 0 Å². The van der Waals surface area contributed by atoms with Gasteiger partial charge in [0.15, 0.2) is 5.82 Å². The number of ketones is 2. The molecule has 1 aromatic rings. The topological polar surface area (TPSA) is 52.0 Å². The van der Waals surface area contributed by atoms with Crippen LogP contribution in [0.1, 0.15) is 36.8 Å². The van der Waals surface area contributed by atoms with Crippen molar-refractivity contribution in [1.82, 2.24) is 9.55 Å². The lowest BCUT2D eigenvalue weighted by Crippen LogP contribution is -2.17. The Morgan fingerprint density at radius 1 is 1.67 bits per heavy atom. The third-order valence-electron chi connectivity index (χ3n) is 2.89. The van der Waals surface area contributed by atoms with E-state index in [4.69, 9.17) is 0 Å². The van der Waals surface area contributed by atoms with E-state index in [1.165, 1.54) is 0 Å². The summed E-state index contributed by atoms with van der Waals surface area (Å²) in [4.78, 5) is 27.2. The molecule has 80 valence electrons. The number of aromatic nitrogens is 2. The van der Waals surface area contributed by atoms with Gasteiger partial charge in [0.25, 0.3) is 0 Å². The molecule has 4 heteroatoms. The first kappa shape index (κ1) is 10.1. The van der Waals surface area contributed by atoms with Crippen molar-refractivity contribution in [2.75, 3.05) is 0 Å². The second kappa shape index (κ2) is 3.96. The molecule has 0 N–H and O–H groups in total. The molecule has 4 nitrogen and oxygen atoms in total. The van der Waals surface area contributed by atoms with Crippen LogP contribution in [0.25, 0.3) is 0 Å². The third-order valence-corrected chi connectivity index (χ3v) is 2.89. The van der Waals surface area contributed by atoms with Gasteiger partial charge in [0, 0.05) is 37.7 Å². The maximum Gasteiger partial charge on any atom is 0.201 e. The van der Waals surface area contributed by atoms with Crippen molar-refractivity contribution in [3.8, 4) is 0 Å². The van der Waals surface area contributed by atoms with E-state index >= 15 is 0 Å². The third kappa shape index (κ3) is 1.84. The van der Waals surface area contributed by atoms with Crippen LogP contribution in [0.15, 0.2) is 12.4 Å². The van der Waals surface area contributed by atoms with Crippen molar-refractivity contribution in [1.29, 1.82) is 0 Å². The average Bonchev–Trinajstić information content (AvgIpc) is 2.84. The van der Waals surface area contributed by atoms with Gasteiger partial charge in [-0.25, -0.2) is 4.98 Å². The molecule has 1 aliphatic carbocycles. The highest BCUT2D eigenvalue weighted by Gasteiger charge is 2.30. The highest BCUT2D eigenvalue weighted by Crippen LogP contribution is 2.25. The maximum absolute atomic E-state index is 12.0. The highest BCUT2D eigenvalue weighted by atomic mass is 16.1. The molecule has 1 aliphatic rings. The van der Waals surface area contributed by atoms with Crippen LogP contribution in [0.4, 0.5) is 0 Å². The predicted molar refractivity (Wildman–Crippen MR) is 54.6 cm³/mol. The van der Waals surface area contributed by atoms with Crippen LogP contribution in [-0.2, 0) is 11.3 Å². The standard InChI is InChI=1S/C11H14N2O2/c1-2-13-6-5-12-11(13)10(15)8-3-4-9(14)7-8/h5-6,8H,2-4,7H2,1H3. The molecule has 1 saturated carbocycles. The summed E-state index contributed by atoms with van der Waals surface area (Å²) >= 11 is 0. The molecular formula is C11H14N2O2. The molecule has 0 spiro atoms. The van der Waals surface area contributed by atoms with Gasteiger partial charge in [-0.1, -0.05) is 0 Å². The van der Waals surface area contributed by atoms with E-state index in [2.05, 4.69) is 4.98 Å². The first-order chi connectivity index (χ1) is 7.22. The van der Waals surface area contributed by atoms with Gasteiger partial charge in [0.05, 0.1) is 0 Å². The Morgan fingerprint density at radius 2 is 2.47 bits per heavy atom. The number of nitrogens with zero attached hydrogens (tertiary/aromatic N) is 2. The zero-order chi connectivity index (χ0) is 10.8. The predicted octanol–water partition coefficient (Wildman–Crippen LogP) is 1.45. The Kier molecular flexibility index (Phi) is 2.66. The molecule has 0 amide bonds. The van der Waals surface area contributed by atoms with Gasteiger partial charge in [0.2, 0.25) is 5.78 Å². The lowest BCUT2D eigenvalue weighted by atomic mass is 10.0. The zero-order valence-electron chi connectivity index (χ0n) is 8.77. The Bertz CT molecular complexity index is 395. The molecular weight excluding hydrogens is 192 g/mol. The van der Waals surface area contributed by atoms with Crippen LogP contribution in [-0.4, -0.2) is 21.1 Å². The van der Waals surface area contributed by atoms with E-state index in [-0.39, 0.29) is 17.5 Å². The Labute approximate surface area is 88.3 Å². The number of hydrogen-bond acceptors (Lipinski definition) is 3. The summed E-state index contributed by atoms with van der Waals surface area (Å²) in [7, 11) is 0. The van der Waals surface area contributed by atoms with Crippen LogP contribution >= 0.6 is 0 Å². The van der Waals surface area contributed by atoms with E-state index in [1.54, 1.807) is 12.4 Å². The van der Waals surface area contributed by atoms with Crippen LogP contribution in [0.5, 0.6) is 0 Å². The fourth-order valence-electron chi connectivity index (χ4n) is 2.01. The molecule has 0 saturated heterocycles. The number of rotatable bonds is 3. The zero-order valence-corrected chi connectivity index (χ0v) is 8.77. The van der Waals surface area contributed by atoms with Crippen LogP contribution in [0.2, 0.25) is 0 Å². The van der Waals surface area contributed by atoms with Gasteiger partial charge >= 0.3 is 0 Å². The van der Waals surface area contributed by atoms with Crippen molar-refractivity contribution >= 4 is 11.6 Å². The normalized spacial score (nSPS) is 20.9. The smallest absolute Gasteiger partial charge is 0.201 e. The minimum Gasteiger partial charge on any atom is -0.329 e. The van der Waals surface area contributed by atoms with E-state index in [0.29, 0.717) is 25.1 Å². The van der Waals surface area contributed by atoms with Crippen LogP contribution in [0.3, 0.4) is 0 Å². The number of imidazole rings is 1. The lowest BCUT2D eigenvalue weighted by molar-refractivity contribution is -0.117. The first-order valence-electron chi connectivity index (χ1n) is 5.29. The fraction of sp³-hybridized carbons (Fsp3) is 0.545. The molecule has 0 aliphatic heterocycles. The summed E-state index contributed by atoms with van der Waals surface area (Å²) < 4.78 is 1.82. The Balaban J connectivity index is 2.17. The number of carbonyl (C=O) groups is 2. The Morgan fingerprint density at radius 3 is 3.07 bits per heavy atom. The van der Waals surface area contributed by atoms with Crippen molar-refractivity contribution in [3.05, 3.63) is 18.2 Å². The van der Waals surface area contributed by atoms with Crippen molar-refractivity contribution < 1.29 is 9.59 Å². The van der Waals surface area contributed by atoms with Gasteiger partial charge < -0.3 is 4.57 Å². The summed E-state index contributed by atoms with van der Waals surface area (Å²) in [6.07, 6.45) is 5.06. The van der Waals surface area contributed by atoms with E-state index in [1.807, 2.05) is 11.5 Å². The second-order valence-electron chi connectivity index (χ2n) is 3.88. The Hall–Kier alpha value is -1.45. The molecule has 1 atom stereocenters. The maximum atomic E-state index is 12.0. The van der Waals surface area contributed by atoms with E-state index in [9.17, 15) is 9.59 Å². The first-order valence-corrected chi connectivity index (χ1v) is 5.29. The average molecular weight is 206 g/mol. The number of aryl methyl sites for hydroxylation is 1. The molecule has 1 aromatic heterocycles. The van der Waals surface area contributed by atoms with Gasteiger partial charge in [-0.15, -0.1) is 0 Å². The quantitative estimate of drug-likeness (QED) is 0.703. The molecule has 1 heterocycles. The molecule has 0 bridgehead atoms. The highest BCUT2D eigenvalue weighted by molar-refractivity contribution is 5.99. The molecule has 0 radical (unpaired) electrons. The van der Waals surface area contributed by atoms with Gasteiger partial charge in [-0.3, -0.25) is 9.59 Å². The van der Waals surface area contributed by atoms with E-state index < -0.39 is 0 Å². The molecule has 15 heavy (non-hydrogen) atoms. The molecule has 1 fully saturated rings. The minimum absolute atomic E-state index is 0.0210. The largest absolute Gasteiger partial charge is 0.329 e. The summed E-state index contributed by atoms with van der Waals surface area (Å²) in [6, 6.07) is 0. The van der Waals surface area contributed by atoms with Gasteiger partial charge in [0.1, 0.15) is 5.78 Å². The number of carbonyl (C=O) groups excluding carboxylic acids is 2. The van der Waals surface area contributed by atoms with Crippen LogP contribution in [0, 0.1) is 5.92 Å². The number of hydrogen-bond donors (Lipinski definition) is 0. The molecule has 0 aromatic carbocycles. The van der Waals surface area contributed by atoms with E-state index in [0.717, 1.165) is 6.54 Å². The minimum atomic E-state index is -0.134. The molecule has 1 unspecified atom stereocenters. The molecule has 2 rings (SSSR count). The monoisotopic (exact) mass is 206 g/mol.